The van der Waals surface area contributed by atoms with Crippen LogP contribution < -0.4 is 15.0 Å². The van der Waals surface area contributed by atoms with E-state index in [1.807, 2.05) is 4.90 Å². The first-order valence-corrected chi connectivity index (χ1v) is 8.22. The summed E-state index contributed by atoms with van der Waals surface area (Å²) in [4.78, 5) is 18.4. The van der Waals surface area contributed by atoms with Crippen molar-refractivity contribution in [2.75, 3.05) is 23.3 Å². The van der Waals surface area contributed by atoms with Gasteiger partial charge in [0.15, 0.2) is 0 Å². The molecule has 3 rings (SSSR count). The highest BCUT2D eigenvalue weighted by molar-refractivity contribution is 6.04. The third-order valence-corrected chi connectivity index (χ3v) is 4.13. The molecule has 2 aromatic rings. The van der Waals surface area contributed by atoms with Crippen LogP contribution in [0.15, 0.2) is 42.6 Å². The van der Waals surface area contributed by atoms with Crippen molar-refractivity contribution in [3.63, 3.8) is 0 Å². The van der Waals surface area contributed by atoms with Gasteiger partial charge in [0.2, 0.25) is 0 Å². The van der Waals surface area contributed by atoms with Crippen molar-refractivity contribution < 1.29 is 27.8 Å². The summed E-state index contributed by atoms with van der Waals surface area (Å²) < 4.78 is 40.2. The molecule has 1 aromatic carbocycles. The summed E-state index contributed by atoms with van der Waals surface area (Å²) in [5.74, 6) is -0.141. The van der Waals surface area contributed by atoms with Crippen molar-refractivity contribution in [2.45, 2.75) is 25.3 Å². The summed E-state index contributed by atoms with van der Waals surface area (Å²) >= 11 is 0. The van der Waals surface area contributed by atoms with Crippen molar-refractivity contribution in [3.05, 3.63) is 48.2 Å². The second kappa shape index (κ2) is 7.07. The first-order chi connectivity index (χ1) is 12.6. The van der Waals surface area contributed by atoms with E-state index >= 15 is 0 Å². The Balaban J connectivity index is 1.61. The Morgan fingerprint density at radius 2 is 1.96 bits per heavy atom. The lowest BCUT2D eigenvalue weighted by Gasteiger charge is -2.19. The summed E-state index contributed by atoms with van der Waals surface area (Å²) in [6.45, 7) is 2.91. The summed E-state index contributed by atoms with van der Waals surface area (Å²) in [7, 11) is 0. The van der Waals surface area contributed by atoms with E-state index in [2.05, 4.69) is 15.0 Å². The lowest BCUT2D eigenvalue weighted by molar-refractivity contribution is -0.274. The summed E-state index contributed by atoms with van der Waals surface area (Å²) in [5, 5.41) is 12.6. The molecule has 1 amide bonds. The molecule has 1 aliphatic heterocycles. The quantitative estimate of drug-likeness (QED) is 0.851. The van der Waals surface area contributed by atoms with Crippen molar-refractivity contribution in [1.29, 1.82) is 0 Å². The number of halogens is 3. The van der Waals surface area contributed by atoms with E-state index in [1.165, 1.54) is 18.3 Å². The predicted molar refractivity (Wildman–Crippen MR) is 92.8 cm³/mol. The molecule has 2 N–H and O–H groups in total. The van der Waals surface area contributed by atoms with Crippen LogP contribution >= 0.6 is 0 Å². The van der Waals surface area contributed by atoms with E-state index in [4.69, 9.17) is 0 Å². The smallest absolute Gasteiger partial charge is 0.406 e. The average Bonchev–Trinajstić information content (AvgIpc) is 2.95. The Bertz CT molecular complexity index is 805. The SMILES string of the molecule is CC1(O)CCN(c2ccc(C(=O)Nc3ccc(OC(F)(F)F)cc3)cn2)C1. The van der Waals surface area contributed by atoms with Crippen LogP contribution in [0.2, 0.25) is 0 Å². The van der Waals surface area contributed by atoms with Crippen LogP contribution in [0.5, 0.6) is 5.75 Å². The highest BCUT2D eigenvalue weighted by Gasteiger charge is 2.32. The summed E-state index contributed by atoms with van der Waals surface area (Å²) in [6.07, 6.45) is -2.70. The van der Waals surface area contributed by atoms with Gasteiger partial charge >= 0.3 is 6.36 Å². The normalized spacial score (nSPS) is 19.8. The van der Waals surface area contributed by atoms with E-state index in [0.29, 0.717) is 36.6 Å². The lowest BCUT2D eigenvalue weighted by atomic mass is 10.1. The average molecular weight is 381 g/mol. The van der Waals surface area contributed by atoms with E-state index in [0.717, 1.165) is 12.1 Å². The molecule has 1 atom stereocenters. The van der Waals surface area contributed by atoms with Gasteiger partial charge in [-0.3, -0.25) is 4.79 Å². The van der Waals surface area contributed by atoms with Gasteiger partial charge in [0.05, 0.1) is 11.2 Å². The molecule has 27 heavy (non-hydrogen) atoms. The Labute approximate surface area is 153 Å². The van der Waals surface area contributed by atoms with Crippen LogP contribution in [0.25, 0.3) is 0 Å². The molecule has 0 aliphatic carbocycles. The van der Waals surface area contributed by atoms with Crippen LogP contribution in [-0.4, -0.2) is 41.1 Å². The van der Waals surface area contributed by atoms with E-state index in [9.17, 15) is 23.1 Å². The van der Waals surface area contributed by atoms with Gasteiger partial charge in [-0.05, 0) is 49.7 Å². The molecule has 1 fully saturated rings. The fraction of sp³-hybridized carbons (Fsp3) is 0.333. The zero-order valence-electron chi connectivity index (χ0n) is 14.5. The van der Waals surface area contributed by atoms with Gasteiger partial charge in [0, 0.05) is 25.0 Å². The fourth-order valence-corrected chi connectivity index (χ4v) is 2.79. The van der Waals surface area contributed by atoms with Gasteiger partial charge in [-0.15, -0.1) is 13.2 Å². The third-order valence-electron chi connectivity index (χ3n) is 4.13. The van der Waals surface area contributed by atoms with Gasteiger partial charge in [-0.1, -0.05) is 0 Å². The number of aromatic nitrogens is 1. The molecule has 1 saturated heterocycles. The number of alkyl halides is 3. The zero-order chi connectivity index (χ0) is 19.7. The topological polar surface area (TPSA) is 74.7 Å². The maximum Gasteiger partial charge on any atom is 0.573 e. The Morgan fingerprint density at radius 1 is 1.26 bits per heavy atom. The molecule has 0 radical (unpaired) electrons. The third kappa shape index (κ3) is 5.10. The number of amides is 1. The lowest BCUT2D eigenvalue weighted by Crippen LogP contribution is -2.30. The number of rotatable bonds is 4. The zero-order valence-corrected chi connectivity index (χ0v) is 14.5. The van der Waals surface area contributed by atoms with Crippen LogP contribution in [0, 0.1) is 0 Å². The van der Waals surface area contributed by atoms with Gasteiger partial charge < -0.3 is 20.1 Å². The van der Waals surface area contributed by atoms with Gasteiger partial charge in [-0.2, -0.15) is 0 Å². The maximum atomic E-state index is 12.2. The van der Waals surface area contributed by atoms with E-state index in [1.54, 1.807) is 19.1 Å². The van der Waals surface area contributed by atoms with Crippen molar-refractivity contribution in [3.8, 4) is 5.75 Å². The molecule has 0 spiro atoms. The number of carbonyl (C=O) groups is 1. The number of ether oxygens (including phenoxy) is 1. The number of hydrogen-bond acceptors (Lipinski definition) is 5. The molecular formula is C18H18F3N3O3. The molecule has 6 nitrogen and oxygen atoms in total. The van der Waals surface area contributed by atoms with E-state index in [-0.39, 0.29) is 5.75 Å². The second-order valence-corrected chi connectivity index (χ2v) is 6.60. The van der Waals surface area contributed by atoms with E-state index < -0.39 is 17.9 Å². The molecular weight excluding hydrogens is 363 g/mol. The monoisotopic (exact) mass is 381 g/mol. The molecule has 2 heterocycles. The number of benzene rings is 1. The highest BCUT2D eigenvalue weighted by Crippen LogP contribution is 2.26. The Morgan fingerprint density at radius 3 is 2.48 bits per heavy atom. The van der Waals surface area contributed by atoms with Gasteiger partial charge in [0.1, 0.15) is 11.6 Å². The first kappa shape index (κ1) is 19.0. The number of anilines is 2. The number of β-amino-alcohol motifs (C(OH)–C–C–N with tert-alkyl or cyclic N) is 1. The summed E-state index contributed by atoms with van der Waals surface area (Å²) in [5.41, 5.74) is -0.116. The van der Waals surface area contributed by atoms with Crippen LogP contribution in [0.1, 0.15) is 23.7 Å². The number of pyridine rings is 1. The number of aliphatic hydroxyl groups is 1. The molecule has 9 heteroatoms. The largest absolute Gasteiger partial charge is 0.573 e. The molecule has 0 bridgehead atoms. The molecule has 1 aromatic heterocycles. The minimum absolute atomic E-state index is 0.306. The van der Waals surface area contributed by atoms with Crippen molar-refractivity contribution >= 4 is 17.4 Å². The van der Waals surface area contributed by atoms with Crippen LogP contribution in [-0.2, 0) is 0 Å². The van der Waals surface area contributed by atoms with Gasteiger partial charge in [0.25, 0.3) is 5.91 Å². The first-order valence-electron chi connectivity index (χ1n) is 8.22. The number of carbonyl (C=O) groups excluding carboxylic acids is 1. The van der Waals surface area contributed by atoms with Crippen molar-refractivity contribution in [1.82, 2.24) is 4.98 Å². The number of nitrogens with one attached hydrogen (secondary N) is 1. The second-order valence-electron chi connectivity index (χ2n) is 6.60. The molecule has 144 valence electrons. The van der Waals surface area contributed by atoms with Crippen LogP contribution in [0.4, 0.5) is 24.7 Å². The number of hydrogen-bond donors (Lipinski definition) is 2. The maximum absolute atomic E-state index is 12.2. The molecule has 0 saturated carbocycles. The Kier molecular flexibility index (Phi) is 4.97. The predicted octanol–water partition coefficient (Wildman–Crippen LogP) is 3.19. The Hall–Kier alpha value is -2.81. The molecule has 1 aliphatic rings. The number of nitrogens with zero attached hydrogens (tertiary/aromatic N) is 2. The van der Waals surface area contributed by atoms with Crippen molar-refractivity contribution in [2.24, 2.45) is 0 Å². The highest BCUT2D eigenvalue weighted by atomic mass is 19.4. The minimum atomic E-state index is -4.76. The standard InChI is InChI=1S/C18H18F3N3O3/c1-17(26)8-9-24(11-17)15-7-2-12(10-22-15)16(25)23-13-3-5-14(6-4-13)27-18(19,20)21/h2-7,10,26H,8-9,11H2,1H3,(H,23,25). The van der Waals surface area contributed by atoms with Gasteiger partial charge in [-0.25, -0.2) is 4.98 Å². The summed E-state index contributed by atoms with van der Waals surface area (Å²) in [6, 6.07) is 8.15. The molecule has 1 unspecified atom stereocenters. The fourth-order valence-electron chi connectivity index (χ4n) is 2.79. The minimum Gasteiger partial charge on any atom is -0.406 e. The van der Waals surface area contributed by atoms with Crippen LogP contribution in [0.3, 0.4) is 0 Å².